The van der Waals surface area contributed by atoms with Crippen LogP contribution in [0.2, 0.25) is 10.0 Å². The van der Waals surface area contributed by atoms with Gasteiger partial charge in [-0.15, -0.1) is 0 Å². The van der Waals surface area contributed by atoms with Crippen LogP contribution >= 0.6 is 23.2 Å². The molecule has 140 valence electrons. The van der Waals surface area contributed by atoms with E-state index in [-0.39, 0.29) is 5.97 Å². The highest BCUT2D eigenvalue weighted by Gasteiger charge is 2.17. The van der Waals surface area contributed by atoms with Crippen LogP contribution in [0.1, 0.15) is 15.9 Å². The number of fused-ring (bicyclic) bond motifs is 1. The second-order valence-corrected chi connectivity index (χ2v) is 7.20. The van der Waals surface area contributed by atoms with Crippen LogP contribution < -0.4 is 0 Å². The van der Waals surface area contributed by atoms with Gasteiger partial charge in [-0.25, -0.2) is 4.79 Å². The first kappa shape index (κ1) is 18.5. The molecule has 0 spiro atoms. The molecule has 0 aliphatic carbocycles. The minimum absolute atomic E-state index is 0.369. The Labute approximate surface area is 172 Å². The summed E-state index contributed by atoms with van der Waals surface area (Å²) in [6, 6.07) is 15.4. The smallest absolute Gasteiger partial charge is 0.340 e. The number of ether oxygens (including phenoxy) is 1. The largest absolute Gasteiger partial charge is 0.465 e. The number of benzene rings is 2. The van der Waals surface area contributed by atoms with Crippen molar-refractivity contribution >= 4 is 40.1 Å². The zero-order valence-electron chi connectivity index (χ0n) is 15.0. The Balaban J connectivity index is 1.85. The molecule has 0 saturated heterocycles. The van der Waals surface area contributed by atoms with E-state index in [1.165, 1.54) is 7.11 Å². The molecule has 0 unspecified atom stereocenters. The predicted octanol–water partition coefficient (Wildman–Crippen LogP) is 5.85. The molecule has 0 fully saturated rings. The van der Waals surface area contributed by atoms with Crippen molar-refractivity contribution in [2.75, 3.05) is 7.11 Å². The van der Waals surface area contributed by atoms with Crippen LogP contribution in [-0.4, -0.2) is 22.6 Å². The summed E-state index contributed by atoms with van der Waals surface area (Å²) in [5.41, 5.74) is 4.45. The third-order valence-corrected chi connectivity index (χ3v) is 5.36. The van der Waals surface area contributed by atoms with Gasteiger partial charge < -0.3 is 9.30 Å². The quantitative estimate of drug-likeness (QED) is 0.396. The van der Waals surface area contributed by atoms with Gasteiger partial charge >= 0.3 is 5.97 Å². The van der Waals surface area contributed by atoms with Crippen molar-refractivity contribution in [2.24, 2.45) is 0 Å². The van der Waals surface area contributed by atoms with Gasteiger partial charge in [0.2, 0.25) is 0 Å². The Morgan fingerprint density at radius 2 is 1.93 bits per heavy atom. The van der Waals surface area contributed by atoms with Gasteiger partial charge in [-0.1, -0.05) is 47.5 Å². The first-order chi connectivity index (χ1) is 13.6. The first-order valence-electron chi connectivity index (χ1n) is 8.62. The van der Waals surface area contributed by atoms with Gasteiger partial charge in [0, 0.05) is 41.6 Å². The Hall–Kier alpha value is -2.82. The van der Waals surface area contributed by atoms with Crippen molar-refractivity contribution in [3.63, 3.8) is 0 Å². The number of carbonyl (C=O) groups is 1. The van der Waals surface area contributed by atoms with Gasteiger partial charge in [0.1, 0.15) is 0 Å². The summed E-state index contributed by atoms with van der Waals surface area (Å²) >= 11 is 12.2. The molecule has 4 aromatic rings. The molecule has 2 heterocycles. The maximum Gasteiger partial charge on any atom is 0.340 e. The average Bonchev–Trinajstić information content (AvgIpc) is 3.08. The van der Waals surface area contributed by atoms with E-state index in [1.54, 1.807) is 12.3 Å². The van der Waals surface area contributed by atoms with Crippen LogP contribution in [0.4, 0.5) is 0 Å². The minimum atomic E-state index is -0.369. The number of pyridine rings is 1. The Bertz CT molecular complexity index is 1170. The van der Waals surface area contributed by atoms with E-state index in [0.717, 1.165) is 27.6 Å². The lowest BCUT2D eigenvalue weighted by Gasteiger charge is -2.08. The van der Waals surface area contributed by atoms with Crippen molar-refractivity contribution in [3.8, 4) is 11.1 Å². The maximum absolute atomic E-state index is 12.3. The number of halogens is 2. The van der Waals surface area contributed by atoms with Crippen molar-refractivity contribution in [1.29, 1.82) is 0 Å². The summed E-state index contributed by atoms with van der Waals surface area (Å²) in [5.74, 6) is -0.369. The number of hydrogen-bond donors (Lipinski definition) is 0. The number of aromatic nitrogens is 2. The molecule has 0 amide bonds. The fraction of sp³-hybridized carbons (Fsp3) is 0.0909. The van der Waals surface area contributed by atoms with Crippen LogP contribution in [0.3, 0.4) is 0 Å². The lowest BCUT2D eigenvalue weighted by Crippen LogP contribution is -2.01. The normalized spacial score (nSPS) is 11.0. The van der Waals surface area contributed by atoms with Gasteiger partial charge in [-0.3, -0.25) is 4.98 Å². The summed E-state index contributed by atoms with van der Waals surface area (Å²) in [5, 5.41) is 1.84. The van der Waals surface area contributed by atoms with Crippen molar-refractivity contribution < 1.29 is 9.53 Å². The minimum Gasteiger partial charge on any atom is -0.465 e. The fourth-order valence-corrected chi connectivity index (χ4v) is 3.56. The standard InChI is InChI=1S/C22H16Cl2N2O2/c1-28-22(27)18-13-26(12-14-4-7-19(23)20(24)9-14)21-10-15(5-6-17(18)21)16-3-2-8-25-11-16/h2-11,13H,12H2,1H3. The molecular formula is C22H16Cl2N2O2. The number of nitrogens with zero attached hydrogens (tertiary/aromatic N) is 2. The SMILES string of the molecule is COC(=O)c1cn(Cc2ccc(Cl)c(Cl)c2)c2cc(-c3cccnc3)ccc12. The number of carbonyl (C=O) groups excluding carboxylic acids is 1. The molecule has 2 aromatic carbocycles. The third-order valence-electron chi connectivity index (χ3n) is 4.62. The summed E-state index contributed by atoms with van der Waals surface area (Å²) < 4.78 is 6.97. The molecule has 4 rings (SSSR count). The van der Waals surface area contributed by atoms with E-state index in [1.807, 2.05) is 53.4 Å². The Morgan fingerprint density at radius 1 is 1.07 bits per heavy atom. The number of hydrogen-bond acceptors (Lipinski definition) is 3. The zero-order chi connectivity index (χ0) is 19.7. The molecule has 28 heavy (non-hydrogen) atoms. The highest BCUT2D eigenvalue weighted by atomic mass is 35.5. The highest BCUT2D eigenvalue weighted by Crippen LogP contribution is 2.29. The average molecular weight is 411 g/mol. The third kappa shape index (κ3) is 3.49. The number of methoxy groups -OCH3 is 1. The second kappa shape index (κ2) is 7.66. The van der Waals surface area contributed by atoms with Crippen LogP contribution in [-0.2, 0) is 11.3 Å². The first-order valence-corrected chi connectivity index (χ1v) is 9.38. The molecule has 0 saturated carbocycles. The van der Waals surface area contributed by atoms with Crippen molar-refractivity contribution in [1.82, 2.24) is 9.55 Å². The molecule has 0 bridgehead atoms. The van der Waals surface area contributed by atoms with Gasteiger partial charge in [-0.05, 0) is 35.4 Å². The topological polar surface area (TPSA) is 44.1 Å². The maximum atomic E-state index is 12.3. The van der Waals surface area contributed by atoms with E-state index >= 15 is 0 Å². The molecule has 6 heteroatoms. The van der Waals surface area contributed by atoms with Crippen LogP contribution in [0.5, 0.6) is 0 Å². The monoisotopic (exact) mass is 410 g/mol. The zero-order valence-corrected chi connectivity index (χ0v) is 16.5. The highest BCUT2D eigenvalue weighted by molar-refractivity contribution is 6.42. The van der Waals surface area contributed by atoms with Gasteiger partial charge in [-0.2, -0.15) is 0 Å². The molecule has 0 N–H and O–H groups in total. The molecule has 0 aliphatic heterocycles. The summed E-state index contributed by atoms with van der Waals surface area (Å²) in [6.45, 7) is 0.543. The lowest BCUT2D eigenvalue weighted by molar-refractivity contribution is 0.0602. The van der Waals surface area contributed by atoms with Gasteiger partial charge in [0.05, 0.1) is 22.7 Å². The molecule has 4 nitrogen and oxygen atoms in total. The molecule has 0 aliphatic rings. The van der Waals surface area contributed by atoms with Crippen molar-refractivity contribution in [2.45, 2.75) is 6.54 Å². The van der Waals surface area contributed by atoms with E-state index < -0.39 is 0 Å². The number of esters is 1. The van der Waals surface area contributed by atoms with Crippen LogP contribution in [0.15, 0.2) is 67.1 Å². The second-order valence-electron chi connectivity index (χ2n) is 6.38. The van der Waals surface area contributed by atoms with Crippen LogP contribution in [0, 0.1) is 0 Å². The lowest BCUT2D eigenvalue weighted by atomic mass is 10.0. The van der Waals surface area contributed by atoms with E-state index in [4.69, 9.17) is 27.9 Å². The Morgan fingerprint density at radius 3 is 2.64 bits per heavy atom. The summed E-state index contributed by atoms with van der Waals surface area (Å²) in [4.78, 5) is 16.5. The van der Waals surface area contributed by atoms with Gasteiger partial charge in [0.25, 0.3) is 0 Å². The summed E-state index contributed by atoms with van der Waals surface area (Å²) in [6.07, 6.45) is 5.37. The summed E-state index contributed by atoms with van der Waals surface area (Å²) in [7, 11) is 1.38. The van der Waals surface area contributed by atoms with Crippen LogP contribution in [0.25, 0.3) is 22.0 Å². The van der Waals surface area contributed by atoms with E-state index in [9.17, 15) is 4.79 Å². The van der Waals surface area contributed by atoms with E-state index in [2.05, 4.69) is 11.1 Å². The van der Waals surface area contributed by atoms with Crippen molar-refractivity contribution in [3.05, 3.63) is 88.3 Å². The van der Waals surface area contributed by atoms with E-state index in [0.29, 0.717) is 22.2 Å². The number of rotatable bonds is 4. The molecular weight excluding hydrogens is 395 g/mol. The molecule has 2 aromatic heterocycles. The fourth-order valence-electron chi connectivity index (χ4n) is 3.24. The molecule has 0 radical (unpaired) electrons. The Kier molecular flexibility index (Phi) is 5.07. The predicted molar refractivity (Wildman–Crippen MR) is 112 cm³/mol. The molecule has 0 atom stereocenters. The van der Waals surface area contributed by atoms with Gasteiger partial charge in [0.15, 0.2) is 0 Å².